The van der Waals surface area contributed by atoms with Crippen LogP contribution in [-0.2, 0) is 36.2 Å². The predicted molar refractivity (Wildman–Crippen MR) is 131 cm³/mol. The van der Waals surface area contributed by atoms with Gasteiger partial charge in [0, 0.05) is 6.54 Å². The number of rotatable bonds is 8. The number of ether oxygens (including phenoxy) is 1. The van der Waals surface area contributed by atoms with Crippen molar-refractivity contribution in [3.63, 3.8) is 0 Å². The lowest BCUT2D eigenvalue weighted by atomic mass is 10.2. The third kappa shape index (κ3) is 5.02. The topological polar surface area (TPSA) is 144 Å². The van der Waals surface area contributed by atoms with Crippen LogP contribution >= 0.6 is 0 Å². The molecule has 0 aromatic heterocycles. The summed E-state index contributed by atoms with van der Waals surface area (Å²) in [6.07, 6.45) is -0.377. The Balaban J connectivity index is 1.72. The summed E-state index contributed by atoms with van der Waals surface area (Å²) in [6, 6.07) is 18.0. The highest BCUT2D eigenvalue weighted by Crippen LogP contribution is 2.31. The Morgan fingerprint density at radius 2 is 1.47 bits per heavy atom. The Kier molecular flexibility index (Phi) is 6.96. The van der Waals surface area contributed by atoms with E-state index >= 15 is 0 Å². The lowest BCUT2D eigenvalue weighted by Crippen LogP contribution is -2.45. The van der Waals surface area contributed by atoms with Crippen molar-refractivity contribution in [3.8, 4) is 5.75 Å². The number of hydrogen-bond acceptors (Lipinski definition) is 7. The summed E-state index contributed by atoms with van der Waals surface area (Å²) in [7, 11) is -6.73. The smallest absolute Gasteiger partial charge is 0.252 e. The van der Waals surface area contributed by atoms with Crippen molar-refractivity contribution in [2.45, 2.75) is 28.8 Å². The molecule has 0 saturated carbocycles. The van der Waals surface area contributed by atoms with Gasteiger partial charge in [-0.1, -0.05) is 30.3 Å². The second kappa shape index (κ2) is 9.82. The number of amides is 2. The minimum absolute atomic E-state index is 0.0598. The standard InChI is InChI=1S/C24H23N3O7S2/c1-34-19-9-13-21(14-10-19)36(32,33)26(16-17-5-3-2-4-6-17)22-15-23(28)27(24(22)29)18-7-11-20(12-8-18)35(25,30)31/h2-14,22H,15-16H2,1H3,(H2,25,30,31). The van der Waals surface area contributed by atoms with E-state index in [2.05, 4.69) is 0 Å². The molecule has 1 aliphatic heterocycles. The zero-order valence-electron chi connectivity index (χ0n) is 19.1. The number of primary sulfonamides is 1. The Labute approximate surface area is 209 Å². The monoisotopic (exact) mass is 529 g/mol. The molecule has 1 aliphatic rings. The van der Waals surface area contributed by atoms with E-state index in [0.717, 1.165) is 9.21 Å². The van der Waals surface area contributed by atoms with Crippen LogP contribution in [-0.4, -0.2) is 46.1 Å². The number of carbonyl (C=O) groups is 2. The lowest BCUT2D eigenvalue weighted by Gasteiger charge is -2.27. The van der Waals surface area contributed by atoms with Gasteiger partial charge in [0.15, 0.2) is 0 Å². The minimum Gasteiger partial charge on any atom is -0.497 e. The van der Waals surface area contributed by atoms with Gasteiger partial charge in [0.25, 0.3) is 5.91 Å². The van der Waals surface area contributed by atoms with Crippen LogP contribution < -0.4 is 14.8 Å². The molecule has 0 bridgehead atoms. The molecule has 1 saturated heterocycles. The van der Waals surface area contributed by atoms with E-state index in [4.69, 9.17) is 9.88 Å². The number of anilines is 1. The second-order valence-electron chi connectivity index (χ2n) is 8.04. The molecule has 10 nitrogen and oxygen atoms in total. The molecular weight excluding hydrogens is 506 g/mol. The van der Waals surface area contributed by atoms with Gasteiger partial charge >= 0.3 is 0 Å². The SMILES string of the molecule is COc1ccc(S(=O)(=O)N(Cc2ccccc2)C2CC(=O)N(c3ccc(S(N)(=O)=O)cc3)C2=O)cc1. The first-order chi connectivity index (χ1) is 17.0. The molecule has 36 heavy (non-hydrogen) atoms. The zero-order chi connectivity index (χ0) is 26.1. The maximum absolute atomic E-state index is 13.7. The Bertz CT molecular complexity index is 1490. The maximum Gasteiger partial charge on any atom is 0.252 e. The molecule has 12 heteroatoms. The predicted octanol–water partition coefficient (Wildman–Crippen LogP) is 1.87. The lowest BCUT2D eigenvalue weighted by molar-refractivity contribution is -0.122. The fourth-order valence-corrected chi connectivity index (χ4v) is 5.99. The normalized spacial score (nSPS) is 16.5. The summed E-state index contributed by atoms with van der Waals surface area (Å²) in [4.78, 5) is 27.0. The van der Waals surface area contributed by atoms with E-state index in [1.54, 1.807) is 30.3 Å². The van der Waals surface area contributed by atoms with Crippen molar-refractivity contribution in [1.82, 2.24) is 4.31 Å². The molecule has 0 radical (unpaired) electrons. The fraction of sp³-hybridized carbons (Fsp3) is 0.167. The van der Waals surface area contributed by atoms with Crippen LogP contribution in [0, 0.1) is 0 Å². The van der Waals surface area contributed by atoms with Gasteiger partial charge in [-0.05, 0) is 54.1 Å². The highest BCUT2D eigenvalue weighted by Gasteiger charge is 2.47. The molecule has 1 unspecified atom stereocenters. The first-order valence-electron chi connectivity index (χ1n) is 10.7. The number of nitrogens with two attached hydrogens (primary N) is 1. The number of sulfonamides is 2. The largest absolute Gasteiger partial charge is 0.497 e. The van der Waals surface area contributed by atoms with Crippen LogP contribution in [0.5, 0.6) is 5.75 Å². The molecule has 3 aromatic rings. The first kappa shape index (κ1) is 25.5. The molecule has 188 valence electrons. The van der Waals surface area contributed by atoms with Crippen molar-refractivity contribution in [3.05, 3.63) is 84.4 Å². The highest BCUT2D eigenvalue weighted by atomic mass is 32.2. The highest BCUT2D eigenvalue weighted by molar-refractivity contribution is 7.89. The van der Waals surface area contributed by atoms with Crippen molar-refractivity contribution < 1.29 is 31.2 Å². The van der Waals surface area contributed by atoms with Crippen molar-refractivity contribution in [1.29, 1.82) is 0 Å². The van der Waals surface area contributed by atoms with Crippen LogP contribution in [0.2, 0.25) is 0 Å². The van der Waals surface area contributed by atoms with Crippen LogP contribution in [0.1, 0.15) is 12.0 Å². The van der Waals surface area contributed by atoms with Crippen LogP contribution in [0.4, 0.5) is 5.69 Å². The minimum atomic E-state index is -4.21. The molecule has 1 atom stereocenters. The number of hydrogen-bond donors (Lipinski definition) is 1. The van der Waals surface area contributed by atoms with Gasteiger partial charge in [-0.25, -0.2) is 26.9 Å². The summed E-state index contributed by atoms with van der Waals surface area (Å²) in [5.41, 5.74) is 0.743. The van der Waals surface area contributed by atoms with Gasteiger partial charge < -0.3 is 4.74 Å². The fourth-order valence-electron chi connectivity index (χ4n) is 3.91. The average Bonchev–Trinajstić information content (AvgIpc) is 3.15. The molecule has 3 aromatic carbocycles. The molecule has 0 aliphatic carbocycles. The van der Waals surface area contributed by atoms with E-state index in [1.165, 1.54) is 55.6 Å². The molecule has 1 heterocycles. The summed E-state index contributed by atoms with van der Waals surface area (Å²) in [6.45, 7) is -0.142. The Morgan fingerprint density at radius 1 is 0.889 bits per heavy atom. The summed E-state index contributed by atoms with van der Waals surface area (Å²) in [5.74, 6) is -0.891. The summed E-state index contributed by atoms with van der Waals surface area (Å²) in [5, 5.41) is 5.11. The van der Waals surface area contributed by atoms with Crippen LogP contribution in [0.15, 0.2) is 88.7 Å². The van der Waals surface area contributed by atoms with Gasteiger partial charge in [0.05, 0.1) is 29.0 Å². The van der Waals surface area contributed by atoms with Crippen LogP contribution in [0.25, 0.3) is 0 Å². The second-order valence-corrected chi connectivity index (χ2v) is 11.5. The Hall–Kier alpha value is -3.58. The number of methoxy groups -OCH3 is 1. The molecule has 2 N–H and O–H groups in total. The molecule has 2 amide bonds. The third-order valence-electron chi connectivity index (χ3n) is 5.74. The number of imide groups is 1. The van der Waals surface area contributed by atoms with E-state index in [1.807, 2.05) is 0 Å². The molecule has 1 fully saturated rings. The molecule has 0 spiro atoms. The molecule has 4 rings (SSSR count). The van der Waals surface area contributed by atoms with Crippen molar-refractivity contribution in [2.75, 3.05) is 12.0 Å². The Morgan fingerprint density at radius 3 is 2.03 bits per heavy atom. The summed E-state index contributed by atoms with van der Waals surface area (Å²) < 4.78 is 56.6. The van der Waals surface area contributed by atoms with Crippen LogP contribution in [0.3, 0.4) is 0 Å². The molecular formula is C24H23N3O7S2. The maximum atomic E-state index is 13.7. The van der Waals surface area contributed by atoms with Crippen molar-refractivity contribution in [2.24, 2.45) is 5.14 Å². The quantitative estimate of drug-likeness (QED) is 0.439. The van der Waals surface area contributed by atoms with E-state index in [9.17, 15) is 26.4 Å². The van der Waals surface area contributed by atoms with E-state index < -0.39 is 37.9 Å². The van der Waals surface area contributed by atoms with E-state index in [-0.39, 0.29) is 28.4 Å². The summed E-state index contributed by atoms with van der Waals surface area (Å²) >= 11 is 0. The van der Waals surface area contributed by atoms with Crippen molar-refractivity contribution >= 4 is 37.5 Å². The van der Waals surface area contributed by atoms with Gasteiger partial charge in [0.1, 0.15) is 11.8 Å². The van der Waals surface area contributed by atoms with Gasteiger partial charge in [-0.2, -0.15) is 4.31 Å². The van der Waals surface area contributed by atoms with Gasteiger partial charge in [0.2, 0.25) is 26.0 Å². The third-order valence-corrected chi connectivity index (χ3v) is 8.54. The zero-order valence-corrected chi connectivity index (χ0v) is 20.8. The van der Waals surface area contributed by atoms with E-state index in [0.29, 0.717) is 11.3 Å². The van der Waals surface area contributed by atoms with Gasteiger partial charge in [-0.15, -0.1) is 0 Å². The number of nitrogens with zero attached hydrogens (tertiary/aromatic N) is 2. The first-order valence-corrected chi connectivity index (χ1v) is 13.7. The average molecular weight is 530 g/mol. The van der Waals surface area contributed by atoms with Gasteiger partial charge in [-0.3, -0.25) is 9.59 Å². The number of carbonyl (C=O) groups excluding carboxylic acids is 2. The number of benzene rings is 3.